The number of carboxylic acids is 1. The Morgan fingerprint density at radius 1 is 0.965 bits per heavy atom. The highest BCUT2D eigenvalue weighted by Gasteiger charge is 2.27. The maximum Gasteiger partial charge on any atom is 0.303 e. The Morgan fingerprint density at radius 3 is 2.37 bits per heavy atom. The lowest BCUT2D eigenvalue weighted by atomic mass is 9.83. The molecule has 1 heterocycles. The number of amides is 1. The zero-order valence-corrected chi connectivity index (χ0v) is 34.0. The SMILES string of the molecule is COc1cc(CNc2cccc(-c3cccc(-c4cc(F)c(CNCC5CCC(=O)N5)c(OC)c4)c3Cl)c2C=N)c(Cl)cc1CN(C)C1CCC(CC(=O)O)CC1. The summed E-state index contributed by atoms with van der Waals surface area (Å²) in [7, 11) is 5.24. The number of benzene rings is 4. The lowest BCUT2D eigenvalue weighted by Crippen LogP contribution is -2.35. The van der Waals surface area contributed by atoms with E-state index in [2.05, 4.69) is 27.9 Å². The summed E-state index contributed by atoms with van der Waals surface area (Å²) in [6.45, 7) is 1.78. The highest BCUT2D eigenvalue weighted by molar-refractivity contribution is 6.36. The van der Waals surface area contributed by atoms with Crippen molar-refractivity contribution in [2.75, 3.05) is 33.1 Å². The van der Waals surface area contributed by atoms with Crippen molar-refractivity contribution in [1.82, 2.24) is 15.5 Å². The van der Waals surface area contributed by atoms with E-state index in [0.717, 1.165) is 54.5 Å². The Morgan fingerprint density at radius 2 is 1.68 bits per heavy atom. The number of halogens is 3. The molecule has 13 heteroatoms. The number of hydrogen-bond donors (Lipinski definition) is 5. The molecule has 0 aromatic heterocycles. The summed E-state index contributed by atoms with van der Waals surface area (Å²) in [5.41, 5.74) is 6.10. The number of hydrogen-bond acceptors (Lipinski definition) is 8. The minimum atomic E-state index is -0.727. The Kier molecular flexibility index (Phi) is 14.1. The Labute approximate surface area is 343 Å². The summed E-state index contributed by atoms with van der Waals surface area (Å²) in [5.74, 6) is 0.217. The van der Waals surface area contributed by atoms with Crippen LogP contribution < -0.4 is 25.4 Å². The average molecular weight is 819 g/mol. The second-order valence-corrected chi connectivity index (χ2v) is 15.7. The molecule has 4 aromatic rings. The quantitative estimate of drug-likeness (QED) is 0.0667. The van der Waals surface area contributed by atoms with Crippen molar-refractivity contribution in [2.24, 2.45) is 5.92 Å². The second-order valence-electron chi connectivity index (χ2n) is 14.9. The molecule has 6 rings (SSSR count). The molecule has 1 aliphatic carbocycles. The first-order valence-corrected chi connectivity index (χ1v) is 20.1. The number of nitrogens with one attached hydrogen (secondary N) is 4. The normalized spacial score (nSPS) is 18.0. The molecule has 302 valence electrons. The van der Waals surface area contributed by atoms with Crippen LogP contribution in [0.25, 0.3) is 22.3 Å². The predicted octanol–water partition coefficient (Wildman–Crippen LogP) is 8.93. The topological polar surface area (TPSA) is 136 Å². The number of anilines is 1. The highest BCUT2D eigenvalue weighted by atomic mass is 35.5. The number of aliphatic carboxylic acids is 1. The number of carbonyl (C=O) groups excluding carboxylic acids is 1. The largest absolute Gasteiger partial charge is 0.496 e. The minimum absolute atomic E-state index is 0.0223. The molecule has 0 spiro atoms. The van der Waals surface area contributed by atoms with Gasteiger partial charge in [0, 0.05) is 95.8 Å². The monoisotopic (exact) mass is 817 g/mol. The molecule has 1 unspecified atom stereocenters. The fraction of sp³-hybridized carbons (Fsp3) is 0.386. The highest BCUT2D eigenvalue weighted by Crippen LogP contribution is 2.41. The number of carbonyl (C=O) groups is 2. The lowest BCUT2D eigenvalue weighted by molar-refractivity contribution is -0.138. The van der Waals surface area contributed by atoms with Crippen molar-refractivity contribution in [3.63, 3.8) is 0 Å². The summed E-state index contributed by atoms with van der Waals surface area (Å²) in [4.78, 5) is 25.0. The van der Waals surface area contributed by atoms with Gasteiger partial charge >= 0.3 is 5.97 Å². The number of nitrogens with zero attached hydrogens (tertiary/aromatic N) is 1. The van der Waals surface area contributed by atoms with Gasteiger partial charge < -0.3 is 35.9 Å². The summed E-state index contributed by atoms with van der Waals surface area (Å²) in [6.07, 6.45) is 6.51. The Balaban J connectivity index is 1.17. The smallest absolute Gasteiger partial charge is 0.303 e. The molecule has 4 aromatic carbocycles. The third-order valence-electron chi connectivity index (χ3n) is 11.2. The van der Waals surface area contributed by atoms with E-state index in [4.69, 9.17) is 38.1 Å². The van der Waals surface area contributed by atoms with Crippen molar-refractivity contribution in [1.29, 1.82) is 5.41 Å². The van der Waals surface area contributed by atoms with Crippen LogP contribution in [0.5, 0.6) is 11.5 Å². The van der Waals surface area contributed by atoms with Crippen LogP contribution >= 0.6 is 23.2 Å². The van der Waals surface area contributed by atoms with Crippen LogP contribution in [0.15, 0.2) is 60.7 Å². The lowest BCUT2D eigenvalue weighted by Gasteiger charge is -2.34. The standard InChI is InChI=1S/C44H50Cl2FN5O5/c1-52(31-13-10-26(11-14-31)16-43(54)55)25-29-17-37(45)28(20-40(29)56-2)22-50-39-9-5-7-33(35(39)21-48)34-8-4-6-32(44(34)46)27-18-38(47)36(41(19-27)57-3)24-49-23-30-12-15-42(53)51-30/h4-9,17-21,26,30-31,48-50H,10-16,22-25H2,1-3H3,(H,51,53)(H,54,55). The fourth-order valence-corrected chi connectivity index (χ4v) is 8.70. The van der Waals surface area contributed by atoms with Gasteiger partial charge in [-0.25, -0.2) is 4.39 Å². The van der Waals surface area contributed by atoms with Gasteiger partial charge in [0.05, 0.1) is 19.2 Å². The van der Waals surface area contributed by atoms with Gasteiger partial charge in [0.1, 0.15) is 17.3 Å². The molecule has 5 N–H and O–H groups in total. The third-order valence-corrected chi connectivity index (χ3v) is 12.0. The van der Waals surface area contributed by atoms with E-state index in [1.165, 1.54) is 19.4 Å². The van der Waals surface area contributed by atoms with Crippen LogP contribution in [-0.2, 0) is 29.2 Å². The van der Waals surface area contributed by atoms with Crippen molar-refractivity contribution < 1.29 is 28.6 Å². The summed E-state index contributed by atoms with van der Waals surface area (Å²) in [6, 6.07) is 18.8. The van der Waals surface area contributed by atoms with Crippen LogP contribution in [-0.4, -0.2) is 68.0 Å². The molecule has 1 aliphatic heterocycles. The molecular formula is C44H50Cl2FN5O5. The summed E-state index contributed by atoms with van der Waals surface area (Å²) >= 11 is 14.0. The Hall–Kier alpha value is -4.68. The van der Waals surface area contributed by atoms with E-state index in [0.29, 0.717) is 81.4 Å². The first-order chi connectivity index (χ1) is 27.5. The predicted molar refractivity (Wildman–Crippen MR) is 224 cm³/mol. The summed E-state index contributed by atoms with van der Waals surface area (Å²) < 4.78 is 27.1. The van der Waals surface area contributed by atoms with E-state index in [-0.39, 0.29) is 30.8 Å². The molecule has 1 amide bonds. The van der Waals surface area contributed by atoms with Gasteiger partial charge in [-0.15, -0.1) is 0 Å². The number of methoxy groups -OCH3 is 2. The molecule has 2 aliphatic rings. The first kappa shape index (κ1) is 41.9. The van der Waals surface area contributed by atoms with E-state index >= 15 is 4.39 Å². The number of rotatable bonds is 17. The van der Waals surface area contributed by atoms with Gasteiger partial charge in [-0.1, -0.05) is 53.5 Å². The fourth-order valence-electron chi connectivity index (χ4n) is 8.11. The zero-order chi connectivity index (χ0) is 40.6. The van der Waals surface area contributed by atoms with Crippen LogP contribution in [0.2, 0.25) is 10.0 Å². The van der Waals surface area contributed by atoms with Crippen molar-refractivity contribution in [3.05, 3.63) is 98.8 Å². The molecule has 57 heavy (non-hydrogen) atoms. The van der Waals surface area contributed by atoms with Gasteiger partial charge in [0.15, 0.2) is 0 Å². The first-order valence-electron chi connectivity index (χ1n) is 19.3. The molecular weight excluding hydrogens is 768 g/mol. The maximum absolute atomic E-state index is 15.7. The van der Waals surface area contributed by atoms with Crippen molar-refractivity contribution >= 4 is 47.0 Å². The maximum atomic E-state index is 15.7. The van der Waals surface area contributed by atoms with Crippen molar-refractivity contribution in [3.8, 4) is 33.8 Å². The van der Waals surface area contributed by atoms with E-state index < -0.39 is 11.8 Å². The van der Waals surface area contributed by atoms with Gasteiger partial charge in [-0.2, -0.15) is 0 Å². The molecule has 1 atom stereocenters. The van der Waals surface area contributed by atoms with Crippen LogP contribution in [0.4, 0.5) is 10.1 Å². The van der Waals surface area contributed by atoms with Crippen LogP contribution in [0, 0.1) is 17.1 Å². The van der Waals surface area contributed by atoms with Gasteiger partial charge in [0.25, 0.3) is 0 Å². The molecule has 2 fully saturated rings. The average Bonchev–Trinajstić information content (AvgIpc) is 3.62. The van der Waals surface area contributed by atoms with E-state index in [1.807, 2.05) is 48.5 Å². The molecule has 10 nitrogen and oxygen atoms in total. The summed E-state index contributed by atoms with van der Waals surface area (Å²) in [5, 5.41) is 28.2. The van der Waals surface area contributed by atoms with Gasteiger partial charge in [-0.3, -0.25) is 14.5 Å². The molecule has 0 bridgehead atoms. The third kappa shape index (κ3) is 10.1. The number of carboxylic acid groups (broad SMARTS) is 1. The second kappa shape index (κ2) is 19.2. The Bertz CT molecular complexity index is 2110. The molecule has 1 saturated heterocycles. The van der Waals surface area contributed by atoms with Crippen LogP contribution in [0.3, 0.4) is 0 Å². The molecule has 0 radical (unpaired) electrons. The number of ether oxygens (including phenoxy) is 2. The minimum Gasteiger partial charge on any atom is -0.496 e. The van der Waals surface area contributed by atoms with E-state index in [1.54, 1.807) is 13.2 Å². The van der Waals surface area contributed by atoms with Crippen LogP contribution in [0.1, 0.15) is 67.2 Å². The zero-order valence-electron chi connectivity index (χ0n) is 32.5. The van der Waals surface area contributed by atoms with Crippen molar-refractivity contribution in [2.45, 2.75) is 76.7 Å². The van der Waals surface area contributed by atoms with Gasteiger partial charge in [-0.05, 0) is 92.1 Å². The van der Waals surface area contributed by atoms with E-state index in [9.17, 15) is 14.7 Å². The van der Waals surface area contributed by atoms with Gasteiger partial charge in [0.2, 0.25) is 5.91 Å². The molecule has 1 saturated carbocycles.